The van der Waals surface area contributed by atoms with Gasteiger partial charge >= 0.3 is 0 Å². The first-order valence-corrected chi connectivity index (χ1v) is 11.1. The highest BCUT2D eigenvalue weighted by Gasteiger charge is 2.35. The molecular weight excluding hydrogens is 394 g/mol. The quantitative estimate of drug-likeness (QED) is 0.701. The fraction of sp³-hybridized carbons (Fsp3) is 0.591. The maximum absolute atomic E-state index is 13.3. The Bertz CT molecular complexity index is 827. The zero-order valence-electron chi connectivity index (χ0n) is 17.4. The van der Waals surface area contributed by atoms with Gasteiger partial charge in [-0.1, -0.05) is 13.8 Å². The molecule has 29 heavy (non-hydrogen) atoms. The predicted octanol–water partition coefficient (Wildman–Crippen LogP) is 4.68. The van der Waals surface area contributed by atoms with Crippen molar-refractivity contribution in [1.82, 2.24) is 9.88 Å². The second-order valence-corrected chi connectivity index (χ2v) is 9.37. The number of rotatable bonds is 7. The summed E-state index contributed by atoms with van der Waals surface area (Å²) in [5.41, 5.74) is 0.0240. The van der Waals surface area contributed by atoms with Crippen LogP contribution in [0, 0.1) is 24.5 Å². The van der Waals surface area contributed by atoms with E-state index in [0.29, 0.717) is 31.1 Å². The van der Waals surface area contributed by atoms with E-state index < -0.39 is 17.2 Å². The Morgan fingerprint density at radius 3 is 2.76 bits per heavy atom. The maximum Gasteiger partial charge on any atom is 0.162 e. The van der Waals surface area contributed by atoms with Gasteiger partial charge in [0, 0.05) is 30.5 Å². The highest BCUT2D eigenvalue weighted by Crippen LogP contribution is 2.36. The maximum atomic E-state index is 13.3. The zero-order chi connectivity index (χ0) is 21.0. The molecule has 7 heteroatoms. The van der Waals surface area contributed by atoms with Gasteiger partial charge in [-0.3, -0.25) is 0 Å². The van der Waals surface area contributed by atoms with Crippen LogP contribution in [0.3, 0.4) is 0 Å². The first kappa shape index (κ1) is 22.1. The number of likely N-dealkylation sites (tertiary alicyclic amines) is 1. The number of hydrogen-bond acceptors (Lipinski definition) is 5. The molecule has 1 saturated heterocycles. The van der Waals surface area contributed by atoms with Crippen molar-refractivity contribution in [1.29, 1.82) is 0 Å². The van der Waals surface area contributed by atoms with Gasteiger partial charge in [-0.15, -0.1) is 11.3 Å². The predicted molar refractivity (Wildman–Crippen MR) is 111 cm³/mol. The zero-order valence-corrected chi connectivity index (χ0v) is 18.2. The number of thiazole rings is 1. The topological polar surface area (TPSA) is 45.6 Å². The summed E-state index contributed by atoms with van der Waals surface area (Å²) < 4.78 is 31.8. The van der Waals surface area contributed by atoms with Gasteiger partial charge in [0.2, 0.25) is 0 Å². The number of halogens is 2. The van der Waals surface area contributed by atoms with Crippen LogP contribution in [-0.4, -0.2) is 41.2 Å². The van der Waals surface area contributed by atoms with Crippen molar-refractivity contribution >= 4 is 11.3 Å². The summed E-state index contributed by atoms with van der Waals surface area (Å²) in [7, 11) is 0. The molecule has 2 aromatic rings. The SMILES string of the molecule is Cc1nc(C2(O)CCCN(CC(C)C)CC2)sc1CCOc1ccc(F)c(F)c1. The Balaban J connectivity index is 1.60. The Morgan fingerprint density at radius 1 is 1.24 bits per heavy atom. The van der Waals surface area contributed by atoms with Gasteiger partial charge in [0.1, 0.15) is 16.4 Å². The monoisotopic (exact) mass is 424 g/mol. The molecule has 1 aromatic carbocycles. The summed E-state index contributed by atoms with van der Waals surface area (Å²) in [5, 5.41) is 12.1. The van der Waals surface area contributed by atoms with E-state index in [1.54, 1.807) is 0 Å². The third-order valence-electron chi connectivity index (χ3n) is 5.31. The second-order valence-electron chi connectivity index (χ2n) is 8.28. The minimum absolute atomic E-state index is 0.305. The van der Waals surface area contributed by atoms with Crippen LogP contribution in [0.5, 0.6) is 5.75 Å². The van der Waals surface area contributed by atoms with Crippen LogP contribution < -0.4 is 4.74 Å². The van der Waals surface area contributed by atoms with Crippen LogP contribution in [0.4, 0.5) is 8.78 Å². The normalized spacial score (nSPS) is 20.8. The summed E-state index contributed by atoms with van der Waals surface area (Å²) >= 11 is 1.54. The fourth-order valence-electron chi connectivity index (χ4n) is 3.78. The molecule has 0 saturated carbocycles. The van der Waals surface area contributed by atoms with Crippen molar-refractivity contribution in [2.24, 2.45) is 5.92 Å². The minimum Gasteiger partial charge on any atom is -0.493 e. The number of aliphatic hydroxyl groups is 1. The lowest BCUT2D eigenvalue weighted by atomic mass is 9.96. The van der Waals surface area contributed by atoms with Crippen molar-refractivity contribution in [2.75, 3.05) is 26.2 Å². The van der Waals surface area contributed by atoms with Crippen LogP contribution in [0.1, 0.15) is 48.7 Å². The molecule has 1 atom stereocenters. The lowest BCUT2D eigenvalue weighted by Gasteiger charge is -2.25. The highest BCUT2D eigenvalue weighted by atomic mass is 32.1. The average Bonchev–Trinajstić information content (AvgIpc) is 2.93. The summed E-state index contributed by atoms with van der Waals surface area (Å²) in [5.74, 6) is -0.881. The lowest BCUT2D eigenvalue weighted by Crippen LogP contribution is -2.31. The van der Waals surface area contributed by atoms with E-state index in [0.717, 1.165) is 60.2 Å². The standard InChI is InChI=1S/C22H30F2N2O2S/c1-15(2)14-26-10-4-8-22(27,9-11-26)21-25-16(3)20(29-21)7-12-28-17-5-6-18(23)19(24)13-17/h5-6,13,15,27H,4,7-12,14H2,1-3H3. The first-order chi connectivity index (χ1) is 13.8. The molecule has 1 aliphatic rings. The summed E-state index contributed by atoms with van der Waals surface area (Å²) in [4.78, 5) is 8.16. The molecule has 3 rings (SSSR count). The average molecular weight is 425 g/mol. The first-order valence-electron chi connectivity index (χ1n) is 10.3. The Morgan fingerprint density at radius 2 is 2.03 bits per heavy atom. The Kier molecular flexibility index (Phi) is 7.24. The van der Waals surface area contributed by atoms with E-state index >= 15 is 0 Å². The van der Waals surface area contributed by atoms with Crippen LogP contribution in [-0.2, 0) is 12.0 Å². The Hall–Kier alpha value is -1.57. The largest absolute Gasteiger partial charge is 0.493 e. The van der Waals surface area contributed by atoms with Gasteiger partial charge < -0.3 is 14.7 Å². The molecule has 0 spiro atoms. The molecule has 4 nitrogen and oxygen atoms in total. The van der Waals surface area contributed by atoms with E-state index in [1.165, 1.54) is 17.4 Å². The van der Waals surface area contributed by atoms with Crippen LogP contribution >= 0.6 is 11.3 Å². The van der Waals surface area contributed by atoms with Crippen molar-refractivity contribution in [3.05, 3.63) is 45.4 Å². The molecule has 0 aliphatic carbocycles. The molecule has 0 amide bonds. The molecule has 1 aliphatic heterocycles. The van der Waals surface area contributed by atoms with Crippen molar-refractivity contribution in [3.8, 4) is 5.75 Å². The Labute approximate surface area is 175 Å². The summed E-state index contributed by atoms with van der Waals surface area (Å²) in [6.45, 7) is 9.67. The second kappa shape index (κ2) is 9.49. The number of aromatic nitrogens is 1. The smallest absolute Gasteiger partial charge is 0.162 e. The van der Waals surface area contributed by atoms with Gasteiger partial charge in [-0.05, 0) is 50.8 Å². The molecular formula is C22H30F2N2O2S. The van der Waals surface area contributed by atoms with Crippen molar-refractivity contribution < 1.29 is 18.6 Å². The minimum atomic E-state index is -0.916. The lowest BCUT2D eigenvalue weighted by molar-refractivity contribution is 0.0206. The van der Waals surface area contributed by atoms with E-state index in [2.05, 4.69) is 23.7 Å². The van der Waals surface area contributed by atoms with E-state index in [9.17, 15) is 13.9 Å². The number of hydrogen-bond donors (Lipinski definition) is 1. The number of ether oxygens (including phenoxy) is 1. The van der Waals surface area contributed by atoms with Crippen molar-refractivity contribution in [2.45, 2.75) is 52.1 Å². The molecule has 160 valence electrons. The van der Waals surface area contributed by atoms with Gasteiger partial charge in [0.05, 0.1) is 12.3 Å². The van der Waals surface area contributed by atoms with Crippen LogP contribution in [0.2, 0.25) is 0 Å². The highest BCUT2D eigenvalue weighted by molar-refractivity contribution is 7.11. The number of benzene rings is 1. The van der Waals surface area contributed by atoms with E-state index in [1.807, 2.05) is 6.92 Å². The molecule has 0 radical (unpaired) electrons. The van der Waals surface area contributed by atoms with Crippen molar-refractivity contribution in [3.63, 3.8) is 0 Å². The van der Waals surface area contributed by atoms with E-state index in [-0.39, 0.29) is 0 Å². The third-order valence-corrected chi connectivity index (χ3v) is 6.72. The van der Waals surface area contributed by atoms with Gasteiger partial charge in [-0.2, -0.15) is 0 Å². The van der Waals surface area contributed by atoms with Gasteiger partial charge in [0.25, 0.3) is 0 Å². The van der Waals surface area contributed by atoms with E-state index in [4.69, 9.17) is 4.74 Å². The summed E-state index contributed by atoms with van der Waals surface area (Å²) in [6, 6.07) is 3.53. The van der Waals surface area contributed by atoms with Gasteiger partial charge in [0.15, 0.2) is 11.6 Å². The number of aryl methyl sites for hydroxylation is 1. The molecule has 1 N–H and O–H groups in total. The molecule has 1 fully saturated rings. The molecule has 0 bridgehead atoms. The van der Waals surface area contributed by atoms with Crippen LogP contribution in [0.15, 0.2) is 18.2 Å². The van der Waals surface area contributed by atoms with Crippen LogP contribution in [0.25, 0.3) is 0 Å². The fourth-order valence-corrected chi connectivity index (χ4v) is 4.96. The molecule has 1 aromatic heterocycles. The third kappa shape index (κ3) is 5.74. The molecule has 2 heterocycles. The molecule has 1 unspecified atom stereocenters. The van der Waals surface area contributed by atoms with Gasteiger partial charge in [-0.25, -0.2) is 13.8 Å². The number of nitrogens with zero attached hydrogens (tertiary/aromatic N) is 2. The summed E-state index contributed by atoms with van der Waals surface area (Å²) in [6.07, 6.45) is 2.98.